The molecule has 0 aliphatic heterocycles. The van der Waals surface area contributed by atoms with E-state index >= 15 is 0 Å². The zero-order chi connectivity index (χ0) is 22.5. The molecule has 8 heteroatoms. The monoisotopic (exact) mass is 433 g/mol. The van der Waals surface area contributed by atoms with E-state index in [1.54, 1.807) is 16.8 Å². The summed E-state index contributed by atoms with van der Waals surface area (Å²) < 4.78 is 16.5. The summed E-state index contributed by atoms with van der Waals surface area (Å²) in [7, 11) is 0. The van der Waals surface area contributed by atoms with Gasteiger partial charge in [-0.05, 0) is 29.7 Å². The molecule has 32 heavy (non-hydrogen) atoms. The number of halogens is 1. The van der Waals surface area contributed by atoms with Gasteiger partial charge in [-0.15, -0.1) is 0 Å². The average Bonchev–Trinajstić information content (AvgIpc) is 3.21. The molecule has 0 fully saturated rings. The van der Waals surface area contributed by atoms with E-state index in [0.29, 0.717) is 36.1 Å². The van der Waals surface area contributed by atoms with E-state index in [9.17, 15) is 14.0 Å². The molecule has 4 rings (SSSR count). The van der Waals surface area contributed by atoms with Crippen molar-refractivity contribution in [2.24, 2.45) is 0 Å². The van der Waals surface area contributed by atoms with Gasteiger partial charge in [0.05, 0.1) is 25.2 Å². The number of fused-ring (bicyclic) bond motifs is 1. The zero-order valence-corrected chi connectivity index (χ0v) is 17.7. The van der Waals surface area contributed by atoms with E-state index in [4.69, 9.17) is 0 Å². The van der Waals surface area contributed by atoms with Crippen LogP contribution in [0.3, 0.4) is 0 Å². The van der Waals surface area contributed by atoms with Gasteiger partial charge in [-0.25, -0.2) is 14.1 Å². The molecule has 0 saturated heterocycles. The van der Waals surface area contributed by atoms with Gasteiger partial charge in [0.2, 0.25) is 5.91 Å². The molecule has 164 valence electrons. The molecular weight excluding hydrogens is 409 g/mol. The molecule has 2 aromatic carbocycles. The Balaban J connectivity index is 1.43. The van der Waals surface area contributed by atoms with Gasteiger partial charge in [-0.2, -0.15) is 5.10 Å². The number of amides is 1. The highest BCUT2D eigenvalue weighted by molar-refractivity contribution is 5.83. The second-order valence-corrected chi connectivity index (χ2v) is 7.58. The van der Waals surface area contributed by atoms with E-state index in [1.807, 2.05) is 37.3 Å². The van der Waals surface area contributed by atoms with Crippen molar-refractivity contribution in [2.45, 2.75) is 32.4 Å². The molecule has 0 spiro atoms. The molecule has 2 heterocycles. The third kappa shape index (κ3) is 4.59. The highest BCUT2D eigenvalue weighted by Crippen LogP contribution is 2.19. The number of rotatable bonds is 8. The summed E-state index contributed by atoms with van der Waals surface area (Å²) in [4.78, 5) is 29.8. The van der Waals surface area contributed by atoms with Gasteiger partial charge in [0, 0.05) is 6.54 Å². The molecule has 0 aliphatic rings. The fraction of sp³-hybridized carbons (Fsp3) is 0.250. The standard InChI is InChI=1S/C24H24FN5O2/c1-2-20(18-8-4-3-5-9-18)23(31)26-11-12-30-22-21(14-28-30)24(32)29(16-27-22)15-17-7-6-10-19(25)13-17/h3-10,13-14,16,20H,2,11-12,15H2,1H3,(H,26,31). The quantitative estimate of drug-likeness (QED) is 0.463. The summed E-state index contributed by atoms with van der Waals surface area (Å²) in [6, 6.07) is 15.8. The Morgan fingerprint density at radius 3 is 2.72 bits per heavy atom. The first-order valence-electron chi connectivity index (χ1n) is 10.5. The summed E-state index contributed by atoms with van der Waals surface area (Å²) in [5, 5.41) is 7.60. The molecule has 0 aliphatic carbocycles. The Morgan fingerprint density at radius 1 is 1.16 bits per heavy atom. The second kappa shape index (κ2) is 9.55. The van der Waals surface area contributed by atoms with Crippen molar-refractivity contribution in [1.82, 2.24) is 24.6 Å². The molecule has 4 aromatic rings. The fourth-order valence-corrected chi connectivity index (χ4v) is 3.77. The van der Waals surface area contributed by atoms with Crippen LogP contribution < -0.4 is 10.9 Å². The molecule has 7 nitrogen and oxygen atoms in total. The lowest BCUT2D eigenvalue weighted by molar-refractivity contribution is -0.122. The van der Waals surface area contributed by atoms with E-state index < -0.39 is 0 Å². The molecule has 2 aromatic heterocycles. The molecule has 0 radical (unpaired) electrons. The Hall–Kier alpha value is -3.81. The average molecular weight is 433 g/mol. The molecule has 0 saturated carbocycles. The lowest BCUT2D eigenvalue weighted by Gasteiger charge is -2.15. The van der Waals surface area contributed by atoms with Gasteiger partial charge >= 0.3 is 0 Å². The zero-order valence-electron chi connectivity index (χ0n) is 17.7. The minimum absolute atomic E-state index is 0.0411. The van der Waals surface area contributed by atoms with Gasteiger partial charge in [0.1, 0.15) is 17.5 Å². The maximum atomic E-state index is 13.4. The maximum absolute atomic E-state index is 13.4. The second-order valence-electron chi connectivity index (χ2n) is 7.58. The van der Waals surface area contributed by atoms with Gasteiger partial charge in [-0.1, -0.05) is 49.4 Å². The summed E-state index contributed by atoms with van der Waals surface area (Å²) >= 11 is 0. The van der Waals surface area contributed by atoms with Gasteiger partial charge < -0.3 is 5.32 Å². The van der Waals surface area contributed by atoms with Gasteiger partial charge in [0.25, 0.3) is 5.56 Å². The van der Waals surface area contributed by atoms with Gasteiger partial charge in [-0.3, -0.25) is 14.2 Å². The first kappa shape index (κ1) is 21.4. The van der Waals surface area contributed by atoms with Crippen molar-refractivity contribution >= 4 is 16.9 Å². The Morgan fingerprint density at radius 2 is 1.97 bits per heavy atom. The number of nitrogens with one attached hydrogen (secondary N) is 1. The molecule has 1 N–H and O–H groups in total. The maximum Gasteiger partial charge on any atom is 0.264 e. The molecular formula is C24H24FN5O2. The van der Waals surface area contributed by atoms with Crippen LogP contribution in [0, 0.1) is 5.82 Å². The Labute approximate surface area is 184 Å². The third-order valence-corrected chi connectivity index (χ3v) is 5.41. The summed E-state index contributed by atoms with van der Waals surface area (Å²) in [5.41, 5.74) is 1.87. The number of aromatic nitrogens is 4. The van der Waals surface area contributed by atoms with Crippen LogP contribution in [-0.4, -0.2) is 31.8 Å². The lowest BCUT2D eigenvalue weighted by atomic mass is 9.96. The highest BCUT2D eigenvalue weighted by atomic mass is 19.1. The predicted octanol–water partition coefficient (Wildman–Crippen LogP) is 3.09. The van der Waals surface area contributed by atoms with Crippen molar-refractivity contribution in [2.75, 3.05) is 6.54 Å². The van der Waals surface area contributed by atoms with Crippen molar-refractivity contribution in [3.8, 4) is 0 Å². The fourth-order valence-electron chi connectivity index (χ4n) is 3.77. The minimum Gasteiger partial charge on any atom is -0.354 e. The normalized spacial score (nSPS) is 12.1. The first-order valence-corrected chi connectivity index (χ1v) is 10.5. The predicted molar refractivity (Wildman–Crippen MR) is 120 cm³/mol. The van der Waals surface area contributed by atoms with Crippen LogP contribution in [0.25, 0.3) is 11.0 Å². The highest BCUT2D eigenvalue weighted by Gasteiger charge is 2.18. The van der Waals surface area contributed by atoms with Crippen LogP contribution in [-0.2, 0) is 17.9 Å². The van der Waals surface area contributed by atoms with Crippen LogP contribution in [0.4, 0.5) is 4.39 Å². The summed E-state index contributed by atoms with van der Waals surface area (Å²) in [5.74, 6) is -0.601. The largest absolute Gasteiger partial charge is 0.354 e. The molecule has 1 atom stereocenters. The Bertz CT molecular complexity index is 1280. The summed E-state index contributed by atoms with van der Waals surface area (Å²) in [6.07, 6.45) is 3.62. The minimum atomic E-state index is -0.350. The summed E-state index contributed by atoms with van der Waals surface area (Å²) in [6.45, 7) is 2.96. The number of carbonyl (C=O) groups excluding carboxylic acids is 1. The van der Waals surface area contributed by atoms with E-state index in [1.165, 1.54) is 29.2 Å². The lowest BCUT2D eigenvalue weighted by Crippen LogP contribution is -2.32. The van der Waals surface area contributed by atoms with E-state index in [2.05, 4.69) is 15.4 Å². The SMILES string of the molecule is CCC(C(=O)NCCn1ncc2c(=O)n(Cc3cccc(F)c3)cnc21)c1ccccc1. The smallest absolute Gasteiger partial charge is 0.264 e. The van der Waals surface area contributed by atoms with Gasteiger partial charge in [0.15, 0.2) is 5.65 Å². The van der Waals surface area contributed by atoms with Crippen molar-refractivity contribution < 1.29 is 9.18 Å². The van der Waals surface area contributed by atoms with Crippen LogP contribution >= 0.6 is 0 Å². The van der Waals surface area contributed by atoms with Crippen LogP contribution in [0.2, 0.25) is 0 Å². The topological polar surface area (TPSA) is 81.8 Å². The molecule has 1 amide bonds. The number of carbonyl (C=O) groups is 1. The number of hydrogen-bond acceptors (Lipinski definition) is 4. The molecule has 0 bridgehead atoms. The first-order chi connectivity index (χ1) is 15.6. The number of hydrogen-bond donors (Lipinski definition) is 1. The van der Waals surface area contributed by atoms with Crippen molar-refractivity contribution in [3.63, 3.8) is 0 Å². The number of nitrogens with zero attached hydrogens (tertiary/aromatic N) is 4. The van der Waals surface area contributed by atoms with Crippen molar-refractivity contribution in [3.05, 3.63) is 94.4 Å². The number of benzene rings is 2. The van der Waals surface area contributed by atoms with E-state index in [0.717, 1.165) is 5.56 Å². The van der Waals surface area contributed by atoms with Crippen molar-refractivity contribution in [1.29, 1.82) is 0 Å². The van der Waals surface area contributed by atoms with Crippen LogP contribution in [0.5, 0.6) is 0 Å². The van der Waals surface area contributed by atoms with Crippen LogP contribution in [0.1, 0.15) is 30.4 Å². The third-order valence-electron chi connectivity index (χ3n) is 5.41. The Kier molecular flexibility index (Phi) is 6.39. The molecule has 1 unspecified atom stereocenters. The van der Waals surface area contributed by atoms with Crippen LogP contribution in [0.15, 0.2) is 71.9 Å². The van der Waals surface area contributed by atoms with E-state index in [-0.39, 0.29) is 29.7 Å².